The molecule has 0 N–H and O–H groups in total. The lowest BCUT2D eigenvalue weighted by molar-refractivity contribution is 0.00578. The van der Waals surface area contributed by atoms with E-state index in [1.807, 2.05) is 17.1 Å². The summed E-state index contributed by atoms with van der Waals surface area (Å²) in [6.45, 7) is 12.4. The quantitative estimate of drug-likeness (QED) is 0.800. The van der Waals surface area contributed by atoms with E-state index in [9.17, 15) is 0 Å². The van der Waals surface area contributed by atoms with Crippen LogP contribution < -0.4 is 5.46 Å². The van der Waals surface area contributed by atoms with Crippen molar-refractivity contribution in [2.45, 2.75) is 52.7 Å². The summed E-state index contributed by atoms with van der Waals surface area (Å²) in [5, 5.41) is 4.47. The fourth-order valence-corrected chi connectivity index (χ4v) is 2.63. The van der Waals surface area contributed by atoms with Gasteiger partial charge in [0.05, 0.1) is 16.9 Å². The highest BCUT2D eigenvalue weighted by molar-refractivity contribution is 6.62. The van der Waals surface area contributed by atoms with Gasteiger partial charge in [0.2, 0.25) is 0 Å². The Morgan fingerprint density at radius 3 is 2.27 bits per heavy atom. The molecule has 0 bridgehead atoms. The summed E-state index contributed by atoms with van der Waals surface area (Å²) in [6.07, 6.45) is 3.81. The van der Waals surface area contributed by atoms with Gasteiger partial charge < -0.3 is 9.31 Å². The second-order valence-electron chi connectivity index (χ2n) is 7.10. The number of aromatic nitrogens is 2. The molecule has 4 nitrogen and oxygen atoms in total. The maximum absolute atomic E-state index is 6.07. The van der Waals surface area contributed by atoms with Crippen molar-refractivity contribution in [2.24, 2.45) is 0 Å². The van der Waals surface area contributed by atoms with E-state index in [2.05, 4.69) is 64.8 Å². The molecule has 5 heteroatoms. The molecule has 1 aromatic carbocycles. The van der Waals surface area contributed by atoms with Crippen LogP contribution in [0.15, 0.2) is 30.6 Å². The molecular weight excluding hydrogens is 275 g/mol. The van der Waals surface area contributed by atoms with Crippen LogP contribution in [0, 0.1) is 13.8 Å². The third-order valence-electron chi connectivity index (χ3n) is 4.73. The highest BCUT2D eigenvalue weighted by Gasteiger charge is 2.52. The number of aryl methyl sites for hydroxylation is 2. The van der Waals surface area contributed by atoms with Crippen LogP contribution in [0.3, 0.4) is 0 Å². The Bertz CT molecular complexity index is 690. The van der Waals surface area contributed by atoms with Crippen LogP contribution in [0.4, 0.5) is 0 Å². The Morgan fingerprint density at radius 1 is 1.05 bits per heavy atom. The Kier molecular flexibility index (Phi) is 3.46. The van der Waals surface area contributed by atoms with Gasteiger partial charge in [-0.3, -0.25) is 0 Å². The first-order chi connectivity index (χ1) is 10.2. The van der Waals surface area contributed by atoms with Crippen molar-refractivity contribution in [3.63, 3.8) is 0 Å². The molecule has 0 aliphatic carbocycles. The van der Waals surface area contributed by atoms with Crippen molar-refractivity contribution in [3.8, 4) is 5.69 Å². The van der Waals surface area contributed by atoms with Crippen LogP contribution >= 0.6 is 0 Å². The fraction of sp³-hybridized carbons (Fsp3) is 0.471. The van der Waals surface area contributed by atoms with Gasteiger partial charge in [0, 0.05) is 17.9 Å². The Morgan fingerprint density at radius 2 is 1.68 bits per heavy atom. The molecule has 0 amide bonds. The Labute approximate surface area is 132 Å². The van der Waals surface area contributed by atoms with E-state index in [0.717, 1.165) is 11.2 Å². The number of benzene rings is 1. The molecule has 0 saturated carbocycles. The van der Waals surface area contributed by atoms with Gasteiger partial charge in [-0.1, -0.05) is 17.7 Å². The third-order valence-corrected chi connectivity index (χ3v) is 4.73. The summed E-state index contributed by atoms with van der Waals surface area (Å²) in [5.74, 6) is 0. The van der Waals surface area contributed by atoms with Crippen LogP contribution in [0.5, 0.6) is 0 Å². The van der Waals surface area contributed by atoms with E-state index in [1.54, 1.807) is 0 Å². The molecule has 0 unspecified atom stereocenters. The maximum Gasteiger partial charge on any atom is 0.498 e. The van der Waals surface area contributed by atoms with E-state index in [0.29, 0.717) is 0 Å². The topological polar surface area (TPSA) is 36.3 Å². The zero-order chi connectivity index (χ0) is 16.1. The molecule has 2 heterocycles. The van der Waals surface area contributed by atoms with Crippen molar-refractivity contribution < 1.29 is 9.31 Å². The van der Waals surface area contributed by atoms with E-state index < -0.39 is 0 Å². The summed E-state index contributed by atoms with van der Waals surface area (Å²) >= 11 is 0. The predicted octanol–water partition coefficient (Wildman–Crippen LogP) is 2.79. The van der Waals surface area contributed by atoms with Crippen LogP contribution in [0.25, 0.3) is 5.69 Å². The molecule has 22 heavy (non-hydrogen) atoms. The molecule has 1 aromatic heterocycles. The van der Waals surface area contributed by atoms with Crippen molar-refractivity contribution in [3.05, 3.63) is 41.7 Å². The van der Waals surface area contributed by atoms with E-state index >= 15 is 0 Å². The van der Waals surface area contributed by atoms with Gasteiger partial charge in [0.1, 0.15) is 0 Å². The molecule has 0 atom stereocenters. The molecular formula is C17H23BN2O2. The standard InChI is InChI=1S/C17H23BN2O2/c1-12-7-8-15(13(2)9-12)20-11-14(10-19-20)18-21-16(3,4)17(5,6)22-18/h7-11H,1-6H3. The average Bonchev–Trinajstić information content (AvgIpc) is 2.93. The number of rotatable bonds is 2. The van der Waals surface area contributed by atoms with Crippen molar-refractivity contribution >= 4 is 12.6 Å². The van der Waals surface area contributed by atoms with Crippen LogP contribution in [-0.4, -0.2) is 28.1 Å². The van der Waals surface area contributed by atoms with Gasteiger partial charge in [-0.2, -0.15) is 5.10 Å². The molecule has 3 rings (SSSR count). The summed E-state index contributed by atoms with van der Waals surface area (Å²) in [6, 6.07) is 6.34. The number of hydrogen-bond acceptors (Lipinski definition) is 3. The fourth-order valence-electron chi connectivity index (χ4n) is 2.63. The lowest BCUT2D eigenvalue weighted by Gasteiger charge is -2.32. The summed E-state index contributed by atoms with van der Waals surface area (Å²) in [4.78, 5) is 0. The van der Waals surface area contributed by atoms with Gasteiger partial charge in [-0.15, -0.1) is 0 Å². The second-order valence-corrected chi connectivity index (χ2v) is 7.10. The highest BCUT2D eigenvalue weighted by atomic mass is 16.7. The number of hydrogen-bond donors (Lipinski definition) is 0. The molecule has 1 aliphatic rings. The predicted molar refractivity (Wildman–Crippen MR) is 88.8 cm³/mol. The minimum atomic E-state index is -0.371. The van der Waals surface area contributed by atoms with Gasteiger partial charge in [-0.05, 0) is 53.2 Å². The number of nitrogens with zero attached hydrogens (tertiary/aromatic N) is 2. The molecule has 1 aliphatic heterocycles. The molecule has 1 saturated heterocycles. The lowest BCUT2D eigenvalue weighted by atomic mass is 9.82. The zero-order valence-electron chi connectivity index (χ0n) is 14.2. The molecule has 116 valence electrons. The monoisotopic (exact) mass is 298 g/mol. The van der Waals surface area contributed by atoms with Crippen LogP contribution in [-0.2, 0) is 9.31 Å². The largest absolute Gasteiger partial charge is 0.498 e. The van der Waals surface area contributed by atoms with Gasteiger partial charge in [-0.25, -0.2) is 4.68 Å². The van der Waals surface area contributed by atoms with Crippen LogP contribution in [0.2, 0.25) is 0 Å². The molecule has 0 radical (unpaired) electrons. The van der Waals surface area contributed by atoms with Crippen molar-refractivity contribution in [2.75, 3.05) is 0 Å². The maximum atomic E-state index is 6.07. The SMILES string of the molecule is Cc1ccc(-n2cc(B3OC(C)(C)C(C)(C)O3)cn2)c(C)c1. The van der Waals surface area contributed by atoms with Gasteiger partial charge >= 0.3 is 7.12 Å². The van der Waals surface area contributed by atoms with E-state index in [4.69, 9.17) is 9.31 Å². The smallest absolute Gasteiger partial charge is 0.399 e. The molecule has 2 aromatic rings. The lowest BCUT2D eigenvalue weighted by Crippen LogP contribution is -2.41. The first kappa shape index (κ1) is 15.3. The van der Waals surface area contributed by atoms with Crippen molar-refractivity contribution in [1.29, 1.82) is 0 Å². The van der Waals surface area contributed by atoms with Crippen molar-refractivity contribution in [1.82, 2.24) is 9.78 Å². The van der Waals surface area contributed by atoms with Gasteiger partial charge in [0.25, 0.3) is 0 Å². The minimum Gasteiger partial charge on any atom is -0.399 e. The van der Waals surface area contributed by atoms with Crippen LogP contribution in [0.1, 0.15) is 38.8 Å². The Hall–Kier alpha value is -1.59. The zero-order valence-corrected chi connectivity index (χ0v) is 14.2. The summed E-state index contributed by atoms with van der Waals surface area (Å²) in [7, 11) is -0.371. The summed E-state index contributed by atoms with van der Waals surface area (Å²) in [5.41, 5.74) is 3.80. The normalized spacial score (nSPS) is 19.6. The summed E-state index contributed by atoms with van der Waals surface area (Å²) < 4.78 is 14.0. The highest BCUT2D eigenvalue weighted by Crippen LogP contribution is 2.36. The first-order valence-corrected chi connectivity index (χ1v) is 7.67. The molecule has 0 spiro atoms. The third kappa shape index (κ3) is 2.48. The van der Waals surface area contributed by atoms with E-state index in [1.165, 1.54) is 11.1 Å². The minimum absolute atomic E-state index is 0.334. The molecule has 1 fully saturated rings. The second kappa shape index (κ2) is 4.96. The average molecular weight is 298 g/mol. The first-order valence-electron chi connectivity index (χ1n) is 7.67. The van der Waals surface area contributed by atoms with E-state index in [-0.39, 0.29) is 18.3 Å². The Balaban J connectivity index is 1.89. The van der Waals surface area contributed by atoms with Gasteiger partial charge in [0.15, 0.2) is 0 Å².